The van der Waals surface area contributed by atoms with Gasteiger partial charge in [0.25, 0.3) is 0 Å². The minimum Gasteiger partial charge on any atom is -0.493 e. The molecule has 1 heterocycles. The number of benzene rings is 1. The topological polar surface area (TPSA) is 38.5 Å². The number of fused-ring (bicyclic) bond motifs is 1. The Hall–Kier alpha value is -1.06. The van der Waals surface area contributed by atoms with Crippen molar-refractivity contribution >= 4 is 0 Å². The van der Waals surface area contributed by atoms with Crippen molar-refractivity contribution < 1.29 is 4.74 Å². The number of nitrogens with zero attached hydrogens (tertiary/aromatic N) is 1. The zero-order chi connectivity index (χ0) is 14.0. The van der Waals surface area contributed by atoms with Crippen molar-refractivity contribution in [2.24, 2.45) is 11.1 Å². The second-order valence-corrected chi connectivity index (χ2v) is 6.38. The van der Waals surface area contributed by atoms with Gasteiger partial charge in [-0.05, 0) is 56.1 Å². The molecule has 1 aliphatic heterocycles. The number of aryl methyl sites for hydroxylation is 1. The van der Waals surface area contributed by atoms with E-state index in [9.17, 15) is 0 Å². The summed E-state index contributed by atoms with van der Waals surface area (Å²) in [4.78, 5) is 2.26. The fourth-order valence-corrected chi connectivity index (χ4v) is 3.11. The Labute approximate surface area is 116 Å². The van der Waals surface area contributed by atoms with Crippen LogP contribution >= 0.6 is 0 Å². The highest BCUT2D eigenvalue weighted by atomic mass is 16.5. The summed E-state index contributed by atoms with van der Waals surface area (Å²) in [6, 6.07) is 6.93. The normalized spacial score (nSPS) is 16.9. The van der Waals surface area contributed by atoms with Gasteiger partial charge < -0.3 is 15.4 Å². The quantitative estimate of drug-likeness (QED) is 0.906. The predicted molar refractivity (Wildman–Crippen MR) is 79.5 cm³/mol. The fourth-order valence-electron chi connectivity index (χ4n) is 3.11. The van der Waals surface area contributed by atoms with Gasteiger partial charge in [-0.2, -0.15) is 0 Å². The molecule has 0 bridgehead atoms. The number of hydrogen-bond acceptors (Lipinski definition) is 3. The lowest BCUT2D eigenvalue weighted by Crippen LogP contribution is -2.38. The van der Waals surface area contributed by atoms with E-state index in [1.807, 2.05) is 0 Å². The lowest BCUT2D eigenvalue weighted by Gasteiger charge is -2.39. The van der Waals surface area contributed by atoms with Crippen molar-refractivity contribution in [1.82, 2.24) is 4.90 Å². The highest BCUT2D eigenvalue weighted by Gasteiger charge is 2.31. The molecule has 106 valence electrons. The van der Waals surface area contributed by atoms with Gasteiger partial charge in [0.1, 0.15) is 5.75 Å². The standard InChI is InChI=1S/C16H26N2O/c1-16(2,11-17)15(18(3)4)13-7-8-14-12(10-13)6-5-9-19-14/h7-8,10,15H,5-6,9,11,17H2,1-4H3. The van der Waals surface area contributed by atoms with Gasteiger partial charge in [0.2, 0.25) is 0 Å². The Balaban J connectivity index is 2.37. The van der Waals surface area contributed by atoms with Gasteiger partial charge in [0.05, 0.1) is 6.61 Å². The molecule has 2 rings (SSSR count). The summed E-state index contributed by atoms with van der Waals surface area (Å²) < 4.78 is 5.69. The predicted octanol–water partition coefficient (Wildman–Crippen LogP) is 2.60. The van der Waals surface area contributed by atoms with E-state index in [1.54, 1.807) is 0 Å². The van der Waals surface area contributed by atoms with Crippen molar-refractivity contribution in [2.75, 3.05) is 27.2 Å². The molecule has 3 nitrogen and oxygen atoms in total. The Morgan fingerprint density at radius 2 is 2.11 bits per heavy atom. The largest absolute Gasteiger partial charge is 0.493 e. The van der Waals surface area contributed by atoms with E-state index in [2.05, 4.69) is 51.0 Å². The summed E-state index contributed by atoms with van der Waals surface area (Å²) in [7, 11) is 4.25. The van der Waals surface area contributed by atoms with Crippen LogP contribution < -0.4 is 10.5 Å². The molecule has 1 atom stereocenters. The maximum Gasteiger partial charge on any atom is 0.122 e. The lowest BCUT2D eigenvalue weighted by molar-refractivity contribution is 0.143. The van der Waals surface area contributed by atoms with E-state index in [-0.39, 0.29) is 5.41 Å². The third-order valence-electron chi connectivity index (χ3n) is 4.03. The molecule has 0 spiro atoms. The molecule has 1 aliphatic rings. The molecule has 0 saturated carbocycles. The monoisotopic (exact) mass is 262 g/mol. The summed E-state index contributed by atoms with van der Waals surface area (Å²) in [5.41, 5.74) is 8.69. The van der Waals surface area contributed by atoms with Gasteiger partial charge in [-0.15, -0.1) is 0 Å². The maximum absolute atomic E-state index is 5.97. The minimum atomic E-state index is 0.0489. The second kappa shape index (κ2) is 5.51. The van der Waals surface area contributed by atoms with Crippen LogP contribution in [-0.4, -0.2) is 32.1 Å². The van der Waals surface area contributed by atoms with Crippen LogP contribution in [0.2, 0.25) is 0 Å². The highest BCUT2D eigenvalue weighted by molar-refractivity contribution is 5.40. The van der Waals surface area contributed by atoms with Crippen molar-refractivity contribution in [3.05, 3.63) is 29.3 Å². The molecule has 0 radical (unpaired) electrons. The van der Waals surface area contributed by atoms with E-state index >= 15 is 0 Å². The third-order valence-corrected chi connectivity index (χ3v) is 4.03. The molecular weight excluding hydrogens is 236 g/mol. The van der Waals surface area contributed by atoms with E-state index in [0.717, 1.165) is 25.2 Å². The van der Waals surface area contributed by atoms with Crippen LogP contribution in [0.5, 0.6) is 5.75 Å². The molecule has 19 heavy (non-hydrogen) atoms. The number of rotatable bonds is 4. The molecule has 2 N–H and O–H groups in total. The van der Waals surface area contributed by atoms with Crippen molar-refractivity contribution in [3.63, 3.8) is 0 Å². The van der Waals surface area contributed by atoms with Gasteiger partial charge in [0, 0.05) is 6.04 Å². The fraction of sp³-hybridized carbons (Fsp3) is 0.625. The number of nitrogens with two attached hydrogens (primary N) is 1. The van der Waals surface area contributed by atoms with E-state index in [1.165, 1.54) is 11.1 Å². The summed E-state index contributed by atoms with van der Waals surface area (Å²) in [5, 5.41) is 0. The number of hydrogen-bond donors (Lipinski definition) is 1. The zero-order valence-electron chi connectivity index (χ0n) is 12.6. The molecule has 0 fully saturated rings. The van der Waals surface area contributed by atoms with E-state index in [0.29, 0.717) is 12.6 Å². The van der Waals surface area contributed by atoms with Crippen LogP contribution in [0.4, 0.5) is 0 Å². The Bertz CT molecular complexity index is 440. The molecule has 1 aromatic rings. The third kappa shape index (κ3) is 2.93. The zero-order valence-corrected chi connectivity index (χ0v) is 12.6. The second-order valence-electron chi connectivity index (χ2n) is 6.38. The molecular formula is C16H26N2O. The summed E-state index contributed by atoms with van der Waals surface area (Å²) in [6.45, 7) is 5.97. The van der Waals surface area contributed by atoms with Gasteiger partial charge in [-0.25, -0.2) is 0 Å². The molecule has 0 saturated heterocycles. The summed E-state index contributed by atoms with van der Waals surface area (Å²) in [6.07, 6.45) is 2.23. The van der Waals surface area contributed by atoms with Gasteiger partial charge >= 0.3 is 0 Å². The molecule has 1 aromatic carbocycles. The smallest absolute Gasteiger partial charge is 0.122 e. The molecule has 0 amide bonds. The SMILES string of the molecule is CN(C)C(c1ccc2c(c1)CCCO2)C(C)(C)CN. The van der Waals surface area contributed by atoms with Crippen LogP contribution in [0, 0.1) is 5.41 Å². The average molecular weight is 262 g/mol. The van der Waals surface area contributed by atoms with Crippen molar-refractivity contribution in [2.45, 2.75) is 32.7 Å². The summed E-state index contributed by atoms with van der Waals surface area (Å²) >= 11 is 0. The van der Waals surface area contributed by atoms with Crippen LogP contribution in [0.25, 0.3) is 0 Å². The first kappa shape index (κ1) is 14.4. The Morgan fingerprint density at radius 1 is 1.37 bits per heavy atom. The first-order valence-electron chi connectivity index (χ1n) is 7.08. The van der Waals surface area contributed by atoms with Crippen LogP contribution in [0.3, 0.4) is 0 Å². The first-order chi connectivity index (χ1) is 8.95. The minimum absolute atomic E-state index is 0.0489. The first-order valence-corrected chi connectivity index (χ1v) is 7.08. The maximum atomic E-state index is 5.97. The Kier molecular flexibility index (Phi) is 4.16. The number of ether oxygens (including phenoxy) is 1. The van der Waals surface area contributed by atoms with Gasteiger partial charge in [-0.1, -0.05) is 26.0 Å². The highest BCUT2D eigenvalue weighted by Crippen LogP contribution is 2.38. The van der Waals surface area contributed by atoms with Crippen LogP contribution in [0.1, 0.15) is 37.4 Å². The van der Waals surface area contributed by atoms with E-state index in [4.69, 9.17) is 10.5 Å². The van der Waals surface area contributed by atoms with Gasteiger partial charge in [0.15, 0.2) is 0 Å². The van der Waals surface area contributed by atoms with Crippen molar-refractivity contribution in [3.8, 4) is 5.75 Å². The molecule has 0 aromatic heterocycles. The van der Waals surface area contributed by atoms with Gasteiger partial charge in [-0.3, -0.25) is 0 Å². The molecule has 1 unspecified atom stereocenters. The van der Waals surface area contributed by atoms with Crippen LogP contribution in [-0.2, 0) is 6.42 Å². The molecule has 3 heteroatoms. The van der Waals surface area contributed by atoms with Crippen LogP contribution in [0.15, 0.2) is 18.2 Å². The average Bonchev–Trinajstić information content (AvgIpc) is 2.38. The lowest BCUT2D eigenvalue weighted by atomic mass is 9.79. The van der Waals surface area contributed by atoms with Crippen molar-refractivity contribution in [1.29, 1.82) is 0 Å². The van der Waals surface area contributed by atoms with E-state index < -0.39 is 0 Å². The summed E-state index contributed by atoms with van der Waals surface area (Å²) in [5.74, 6) is 1.05. The molecule has 0 aliphatic carbocycles. The Morgan fingerprint density at radius 3 is 2.74 bits per heavy atom.